The van der Waals surface area contributed by atoms with Gasteiger partial charge in [-0.3, -0.25) is 0 Å². The van der Waals surface area contributed by atoms with Crippen molar-refractivity contribution in [3.05, 3.63) is 57.6 Å². The van der Waals surface area contributed by atoms with Crippen LogP contribution in [0.5, 0.6) is 11.5 Å². The minimum absolute atomic E-state index is 0.222. The number of benzene rings is 2. The van der Waals surface area contributed by atoms with Crippen LogP contribution in [-0.2, 0) is 17.4 Å². The van der Waals surface area contributed by atoms with Crippen LogP contribution in [0.2, 0.25) is 0 Å². The Hall–Kier alpha value is -1.96. The molecule has 1 N–H and O–H groups in total. The second-order valence-corrected chi connectivity index (χ2v) is 10.9. The Morgan fingerprint density at radius 3 is 2.34 bits per heavy atom. The minimum atomic E-state index is -0.274. The van der Waals surface area contributed by atoms with Crippen LogP contribution < -0.4 is 4.74 Å². The van der Waals surface area contributed by atoms with Crippen molar-refractivity contribution in [2.75, 3.05) is 0 Å². The number of ether oxygens (including phenoxy) is 1. The number of hydrogen-bond acceptors (Lipinski definition) is 2. The lowest BCUT2D eigenvalue weighted by molar-refractivity contribution is -0.0959. The summed E-state index contributed by atoms with van der Waals surface area (Å²) >= 11 is 0. The summed E-state index contributed by atoms with van der Waals surface area (Å²) in [5.41, 5.74) is 7.85. The van der Waals surface area contributed by atoms with Gasteiger partial charge in [0.1, 0.15) is 17.1 Å². The molecule has 1 spiro atoms. The van der Waals surface area contributed by atoms with Crippen molar-refractivity contribution in [3.8, 4) is 11.5 Å². The van der Waals surface area contributed by atoms with E-state index in [4.69, 9.17) is 4.74 Å². The van der Waals surface area contributed by atoms with Gasteiger partial charge < -0.3 is 9.84 Å². The largest absolute Gasteiger partial charge is 0.508 e. The molecule has 1 heterocycles. The summed E-state index contributed by atoms with van der Waals surface area (Å²) in [6.45, 7) is 8.83. The van der Waals surface area contributed by atoms with Crippen LogP contribution in [0.3, 0.4) is 0 Å². The van der Waals surface area contributed by atoms with Gasteiger partial charge in [0, 0.05) is 16.9 Å². The van der Waals surface area contributed by atoms with E-state index in [0.717, 1.165) is 24.8 Å². The van der Waals surface area contributed by atoms with Crippen LogP contribution in [-0.4, -0.2) is 5.11 Å². The fourth-order valence-corrected chi connectivity index (χ4v) is 7.56. The van der Waals surface area contributed by atoms with E-state index >= 15 is 0 Å². The highest BCUT2D eigenvalue weighted by Crippen LogP contribution is 2.64. The quantitative estimate of drug-likeness (QED) is 0.533. The SMILES string of the molecule is CCCc1c(C23CCCCC2C2(CCCCC2)c2ccc(C)c(C)c2O3)ccc(O)c1C. The van der Waals surface area contributed by atoms with Crippen molar-refractivity contribution in [1.82, 2.24) is 0 Å². The number of phenolic OH excluding ortho intramolecular Hbond substituents is 1. The molecular weight excluding hydrogens is 392 g/mol. The molecule has 0 amide bonds. The first-order chi connectivity index (χ1) is 15.4. The van der Waals surface area contributed by atoms with Gasteiger partial charge in [-0.2, -0.15) is 0 Å². The fraction of sp³-hybridized carbons (Fsp3) is 0.600. The summed E-state index contributed by atoms with van der Waals surface area (Å²) in [5.74, 6) is 2.12. The number of phenols is 1. The van der Waals surface area contributed by atoms with E-state index in [1.807, 2.05) is 6.07 Å². The highest BCUT2D eigenvalue weighted by molar-refractivity contribution is 5.55. The molecule has 2 aromatic rings. The van der Waals surface area contributed by atoms with E-state index < -0.39 is 0 Å². The van der Waals surface area contributed by atoms with Crippen LogP contribution in [0.4, 0.5) is 0 Å². The molecule has 172 valence electrons. The molecule has 2 heteroatoms. The third-order valence-electron chi connectivity index (χ3n) is 9.29. The second-order valence-electron chi connectivity index (χ2n) is 10.9. The first kappa shape index (κ1) is 21.9. The molecule has 2 unspecified atom stereocenters. The van der Waals surface area contributed by atoms with Gasteiger partial charge in [0.05, 0.1) is 0 Å². The van der Waals surface area contributed by atoms with E-state index in [-0.39, 0.29) is 11.0 Å². The van der Waals surface area contributed by atoms with Gasteiger partial charge in [-0.1, -0.05) is 57.2 Å². The van der Waals surface area contributed by atoms with Gasteiger partial charge >= 0.3 is 0 Å². The molecule has 2 aliphatic carbocycles. The zero-order valence-electron chi connectivity index (χ0n) is 20.5. The highest BCUT2D eigenvalue weighted by atomic mass is 16.5. The summed E-state index contributed by atoms with van der Waals surface area (Å²) in [5, 5.41) is 10.6. The first-order valence-corrected chi connectivity index (χ1v) is 13.1. The average molecular weight is 433 g/mol. The molecule has 0 bridgehead atoms. The van der Waals surface area contributed by atoms with Crippen molar-refractivity contribution in [2.24, 2.45) is 5.92 Å². The molecule has 2 saturated carbocycles. The molecule has 2 atom stereocenters. The van der Waals surface area contributed by atoms with Crippen LogP contribution in [0.25, 0.3) is 0 Å². The Balaban J connectivity index is 1.80. The van der Waals surface area contributed by atoms with E-state index in [1.54, 1.807) is 0 Å². The molecule has 0 saturated heterocycles. The maximum Gasteiger partial charge on any atom is 0.138 e. The number of fused-ring (bicyclic) bond motifs is 4. The third kappa shape index (κ3) is 3.05. The second kappa shape index (κ2) is 8.12. The fourth-order valence-electron chi connectivity index (χ4n) is 7.56. The van der Waals surface area contributed by atoms with Gasteiger partial charge in [-0.25, -0.2) is 0 Å². The molecule has 2 aromatic carbocycles. The summed E-state index contributed by atoms with van der Waals surface area (Å²) in [7, 11) is 0. The molecule has 2 nitrogen and oxygen atoms in total. The molecule has 0 radical (unpaired) electrons. The Kier molecular flexibility index (Phi) is 5.55. The normalized spacial score (nSPS) is 26.3. The lowest BCUT2D eigenvalue weighted by Gasteiger charge is -2.59. The van der Waals surface area contributed by atoms with Gasteiger partial charge in [-0.05, 0) is 93.2 Å². The summed E-state index contributed by atoms with van der Waals surface area (Å²) in [6.07, 6.45) is 13.5. The number of aryl methyl sites for hydroxylation is 1. The van der Waals surface area contributed by atoms with Crippen molar-refractivity contribution >= 4 is 0 Å². The minimum Gasteiger partial charge on any atom is -0.508 e. The van der Waals surface area contributed by atoms with Crippen LogP contribution in [0, 0.1) is 26.7 Å². The van der Waals surface area contributed by atoms with Gasteiger partial charge in [0.15, 0.2) is 0 Å². The van der Waals surface area contributed by atoms with Crippen LogP contribution in [0.15, 0.2) is 24.3 Å². The van der Waals surface area contributed by atoms with Crippen molar-refractivity contribution in [2.45, 2.75) is 109 Å². The predicted octanol–water partition coefficient (Wildman–Crippen LogP) is 7.95. The van der Waals surface area contributed by atoms with Crippen molar-refractivity contribution in [1.29, 1.82) is 0 Å². The third-order valence-corrected chi connectivity index (χ3v) is 9.29. The van der Waals surface area contributed by atoms with E-state index in [2.05, 4.69) is 45.9 Å². The Labute approximate surface area is 194 Å². The zero-order valence-corrected chi connectivity index (χ0v) is 20.5. The number of hydrogen-bond donors (Lipinski definition) is 1. The highest BCUT2D eigenvalue weighted by Gasteiger charge is 2.59. The van der Waals surface area contributed by atoms with E-state index in [1.165, 1.54) is 84.9 Å². The molecular formula is C30H40O2. The lowest BCUT2D eigenvalue weighted by atomic mass is 9.51. The van der Waals surface area contributed by atoms with E-state index in [9.17, 15) is 5.11 Å². The van der Waals surface area contributed by atoms with Crippen molar-refractivity contribution in [3.63, 3.8) is 0 Å². The monoisotopic (exact) mass is 432 g/mol. The number of aromatic hydroxyl groups is 1. The number of rotatable bonds is 3. The molecule has 1 aliphatic heterocycles. The lowest BCUT2D eigenvalue weighted by Crippen LogP contribution is -2.57. The van der Waals surface area contributed by atoms with Crippen LogP contribution in [0.1, 0.15) is 105 Å². The summed E-state index contributed by atoms with van der Waals surface area (Å²) in [6, 6.07) is 8.89. The van der Waals surface area contributed by atoms with Crippen LogP contribution >= 0.6 is 0 Å². The Bertz CT molecular complexity index is 1010. The zero-order chi connectivity index (χ0) is 22.5. The van der Waals surface area contributed by atoms with Gasteiger partial charge in [-0.15, -0.1) is 0 Å². The first-order valence-electron chi connectivity index (χ1n) is 13.1. The van der Waals surface area contributed by atoms with E-state index in [0.29, 0.717) is 11.7 Å². The average Bonchev–Trinajstić information content (AvgIpc) is 2.81. The summed E-state index contributed by atoms with van der Waals surface area (Å²) < 4.78 is 7.35. The topological polar surface area (TPSA) is 29.5 Å². The molecule has 5 rings (SSSR count). The molecule has 0 aromatic heterocycles. The standard InChI is InChI=1S/C30H40O2/c1-5-11-23-22(4)26(31)16-15-24(23)30-19-10-7-12-27(30)29(17-8-6-9-18-29)25-14-13-20(2)21(3)28(25)32-30/h13-16,27,31H,5-12,17-19H2,1-4H3. The molecule has 32 heavy (non-hydrogen) atoms. The summed E-state index contributed by atoms with van der Waals surface area (Å²) in [4.78, 5) is 0. The smallest absolute Gasteiger partial charge is 0.138 e. The van der Waals surface area contributed by atoms with Gasteiger partial charge in [0.25, 0.3) is 0 Å². The van der Waals surface area contributed by atoms with Gasteiger partial charge in [0.2, 0.25) is 0 Å². The molecule has 2 fully saturated rings. The molecule has 3 aliphatic rings. The maximum absolute atomic E-state index is 10.6. The van der Waals surface area contributed by atoms with Crippen molar-refractivity contribution < 1.29 is 9.84 Å². The maximum atomic E-state index is 10.6. The Morgan fingerprint density at radius 2 is 1.59 bits per heavy atom. The predicted molar refractivity (Wildman–Crippen MR) is 132 cm³/mol. The Morgan fingerprint density at radius 1 is 0.875 bits per heavy atom.